The number of thioether (sulfide) groups is 1. The monoisotopic (exact) mass is 324 g/mol. The first-order valence-corrected chi connectivity index (χ1v) is 9.98. The predicted octanol–water partition coefficient (Wildman–Crippen LogP) is 1.87. The second kappa shape index (κ2) is 5.65. The second-order valence-corrected chi connectivity index (χ2v) is 9.31. The molecule has 4 nitrogen and oxygen atoms in total. The van der Waals surface area contributed by atoms with E-state index in [9.17, 15) is 8.42 Å². The highest BCUT2D eigenvalue weighted by molar-refractivity contribution is 8.14. The summed E-state index contributed by atoms with van der Waals surface area (Å²) in [6.07, 6.45) is 1.60. The Morgan fingerprint density at radius 1 is 1.38 bits per heavy atom. The van der Waals surface area contributed by atoms with Crippen LogP contribution < -0.4 is 5.32 Å². The van der Waals surface area contributed by atoms with Crippen LogP contribution in [0.15, 0.2) is 35.3 Å². The fourth-order valence-corrected chi connectivity index (χ4v) is 6.02. The third kappa shape index (κ3) is 3.80. The van der Waals surface area contributed by atoms with Gasteiger partial charge in [0, 0.05) is 5.75 Å². The molecule has 3 rings (SSSR count). The molecule has 21 heavy (non-hydrogen) atoms. The molecular weight excluding hydrogens is 304 g/mol. The molecule has 114 valence electrons. The Morgan fingerprint density at radius 3 is 2.81 bits per heavy atom. The van der Waals surface area contributed by atoms with Gasteiger partial charge in [-0.1, -0.05) is 42.1 Å². The topological polar surface area (TPSA) is 58.5 Å². The van der Waals surface area contributed by atoms with Gasteiger partial charge >= 0.3 is 0 Å². The molecule has 0 radical (unpaired) electrons. The van der Waals surface area contributed by atoms with Gasteiger partial charge in [0.05, 0.1) is 23.1 Å². The summed E-state index contributed by atoms with van der Waals surface area (Å²) in [6, 6.07) is 10.6. The minimum atomic E-state index is -2.88. The first-order chi connectivity index (χ1) is 9.94. The van der Waals surface area contributed by atoms with Crippen molar-refractivity contribution in [2.24, 2.45) is 4.99 Å². The quantitative estimate of drug-likeness (QED) is 0.922. The molecule has 1 N–H and O–H groups in total. The van der Waals surface area contributed by atoms with E-state index in [-0.39, 0.29) is 23.1 Å². The van der Waals surface area contributed by atoms with Gasteiger partial charge in [0.2, 0.25) is 0 Å². The van der Waals surface area contributed by atoms with Crippen LogP contribution in [0.25, 0.3) is 0 Å². The lowest BCUT2D eigenvalue weighted by Gasteiger charge is -2.24. The highest BCUT2D eigenvalue weighted by Gasteiger charge is 2.39. The Labute approximate surface area is 130 Å². The van der Waals surface area contributed by atoms with Crippen molar-refractivity contribution < 1.29 is 8.42 Å². The number of hydrogen-bond acceptors (Lipinski definition) is 5. The molecule has 2 unspecified atom stereocenters. The number of rotatable bonds is 3. The minimum Gasteiger partial charge on any atom is -0.359 e. The SMILES string of the molecule is CC1(NC2=NC(Cc3ccccc3)CS2)CCS(=O)(=O)C1. The second-order valence-electron chi connectivity index (χ2n) is 6.12. The maximum absolute atomic E-state index is 11.6. The summed E-state index contributed by atoms with van der Waals surface area (Å²) in [5.74, 6) is 1.45. The van der Waals surface area contributed by atoms with Crippen LogP contribution in [0.4, 0.5) is 0 Å². The number of nitrogens with zero attached hydrogens (tertiary/aromatic N) is 1. The van der Waals surface area contributed by atoms with Crippen LogP contribution in [0, 0.1) is 0 Å². The van der Waals surface area contributed by atoms with E-state index in [1.807, 2.05) is 25.1 Å². The van der Waals surface area contributed by atoms with Gasteiger partial charge in [0.25, 0.3) is 0 Å². The number of benzene rings is 1. The fourth-order valence-electron chi connectivity index (χ4n) is 2.84. The summed E-state index contributed by atoms with van der Waals surface area (Å²) in [6.45, 7) is 1.98. The fraction of sp³-hybridized carbons (Fsp3) is 0.533. The molecule has 0 saturated carbocycles. The van der Waals surface area contributed by atoms with Crippen LogP contribution in [-0.4, -0.2) is 42.4 Å². The average Bonchev–Trinajstić information content (AvgIpc) is 2.95. The van der Waals surface area contributed by atoms with Gasteiger partial charge in [-0.3, -0.25) is 4.99 Å². The molecule has 1 aromatic rings. The van der Waals surface area contributed by atoms with E-state index in [1.54, 1.807) is 11.8 Å². The molecule has 0 spiro atoms. The zero-order chi connectivity index (χ0) is 14.9. The number of nitrogens with one attached hydrogen (secondary N) is 1. The van der Waals surface area contributed by atoms with Crippen molar-refractivity contribution in [3.63, 3.8) is 0 Å². The minimum absolute atomic E-state index is 0.211. The Hall–Kier alpha value is -1.01. The van der Waals surface area contributed by atoms with Crippen molar-refractivity contribution in [2.45, 2.75) is 31.3 Å². The number of hydrogen-bond donors (Lipinski definition) is 1. The largest absolute Gasteiger partial charge is 0.359 e. The normalized spacial score (nSPS) is 31.1. The average molecular weight is 324 g/mol. The standard InChI is InChI=1S/C15H20N2O2S2/c1-15(7-8-21(18,19)11-15)17-14-16-13(10-20-14)9-12-5-3-2-4-6-12/h2-6,13H,7-11H2,1H3,(H,16,17). The van der Waals surface area contributed by atoms with Gasteiger partial charge in [-0.15, -0.1) is 0 Å². The van der Waals surface area contributed by atoms with Crippen LogP contribution >= 0.6 is 11.8 Å². The van der Waals surface area contributed by atoms with Gasteiger partial charge in [-0.2, -0.15) is 0 Å². The molecule has 0 aliphatic carbocycles. The Balaban J connectivity index is 1.62. The number of aliphatic imine (C=N–C) groups is 1. The molecule has 0 bridgehead atoms. The van der Waals surface area contributed by atoms with Crippen molar-refractivity contribution in [1.29, 1.82) is 0 Å². The summed E-state index contributed by atoms with van der Waals surface area (Å²) in [4.78, 5) is 4.71. The zero-order valence-electron chi connectivity index (χ0n) is 12.1. The predicted molar refractivity (Wildman–Crippen MR) is 88.6 cm³/mol. The summed E-state index contributed by atoms with van der Waals surface area (Å²) in [7, 11) is -2.88. The zero-order valence-corrected chi connectivity index (χ0v) is 13.7. The first kappa shape index (κ1) is 14.9. The molecule has 2 aliphatic rings. The third-order valence-corrected chi connectivity index (χ3v) is 6.87. The van der Waals surface area contributed by atoms with E-state index in [1.165, 1.54) is 5.56 Å². The van der Waals surface area contributed by atoms with Gasteiger partial charge in [-0.05, 0) is 25.3 Å². The van der Waals surface area contributed by atoms with Crippen molar-refractivity contribution in [3.05, 3.63) is 35.9 Å². The van der Waals surface area contributed by atoms with Crippen LogP contribution in [0.1, 0.15) is 18.9 Å². The summed E-state index contributed by atoms with van der Waals surface area (Å²) >= 11 is 1.70. The molecule has 6 heteroatoms. The van der Waals surface area contributed by atoms with E-state index in [0.29, 0.717) is 6.42 Å². The van der Waals surface area contributed by atoms with E-state index in [2.05, 4.69) is 17.4 Å². The third-order valence-electron chi connectivity index (χ3n) is 3.94. The lowest BCUT2D eigenvalue weighted by Crippen LogP contribution is -2.45. The smallest absolute Gasteiger partial charge is 0.157 e. The highest BCUT2D eigenvalue weighted by atomic mass is 32.2. The Kier molecular flexibility index (Phi) is 4.01. The van der Waals surface area contributed by atoms with Gasteiger partial charge in [-0.25, -0.2) is 8.42 Å². The Morgan fingerprint density at radius 2 is 2.14 bits per heavy atom. The number of sulfone groups is 1. The molecule has 2 atom stereocenters. The van der Waals surface area contributed by atoms with E-state index in [4.69, 9.17) is 4.99 Å². The van der Waals surface area contributed by atoms with Crippen molar-refractivity contribution in [1.82, 2.24) is 5.32 Å². The lowest BCUT2D eigenvalue weighted by atomic mass is 10.0. The molecule has 1 fully saturated rings. The van der Waals surface area contributed by atoms with Crippen molar-refractivity contribution in [2.75, 3.05) is 17.3 Å². The van der Waals surface area contributed by atoms with Crippen LogP contribution in [0.3, 0.4) is 0 Å². The maximum atomic E-state index is 11.6. The summed E-state index contributed by atoms with van der Waals surface area (Å²) in [5.41, 5.74) is 0.939. The first-order valence-electron chi connectivity index (χ1n) is 7.17. The summed E-state index contributed by atoms with van der Waals surface area (Å²) < 4.78 is 23.3. The van der Waals surface area contributed by atoms with Crippen LogP contribution in [0.5, 0.6) is 0 Å². The number of amidine groups is 1. The van der Waals surface area contributed by atoms with Crippen molar-refractivity contribution in [3.8, 4) is 0 Å². The maximum Gasteiger partial charge on any atom is 0.157 e. The molecule has 2 heterocycles. The van der Waals surface area contributed by atoms with Gasteiger partial charge in [0.1, 0.15) is 0 Å². The molecule has 2 aliphatic heterocycles. The van der Waals surface area contributed by atoms with Crippen LogP contribution in [-0.2, 0) is 16.3 Å². The van der Waals surface area contributed by atoms with E-state index in [0.717, 1.165) is 17.3 Å². The lowest BCUT2D eigenvalue weighted by molar-refractivity contribution is 0.474. The van der Waals surface area contributed by atoms with Crippen LogP contribution in [0.2, 0.25) is 0 Å². The molecule has 1 aromatic carbocycles. The molecular formula is C15H20N2O2S2. The summed E-state index contributed by atoms with van der Waals surface area (Å²) in [5, 5.41) is 4.26. The van der Waals surface area contributed by atoms with E-state index < -0.39 is 9.84 Å². The van der Waals surface area contributed by atoms with Gasteiger partial charge in [0.15, 0.2) is 15.0 Å². The van der Waals surface area contributed by atoms with E-state index >= 15 is 0 Å². The van der Waals surface area contributed by atoms with Crippen molar-refractivity contribution >= 4 is 26.8 Å². The highest BCUT2D eigenvalue weighted by Crippen LogP contribution is 2.27. The molecule has 0 aromatic heterocycles. The Bertz CT molecular complexity index is 643. The molecule has 1 saturated heterocycles. The molecule has 0 amide bonds. The van der Waals surface area contributed by atoms with Gasteiger partial charge < -0.3 is 5.32 Å².